The van der Waals surface area contributed by atoms with Crippen molar-refractivity contribution < 1.29 is 23.9 Å². The quantitative estimate of drug-likeness (QED) is 0.542. The predicted octanol–water partition coefficient (Wildman–Crippen LogP) is 2.65. The van der Waals surface area contributed by atoms with Gasteiger partial charge in [0, 0.05) is 11.1 Å². The second-order valence-corrected chi connectivity index (χ2v) is 7.89. The summed E-state index contributed by atoms with van der Waals surface area (Å²) in [5.74, 6) is 1.57. The van der Waals surface area contributed by atoms with Crippen LogP contribution in [0.2, 0.25) is 0 Å². The minimum atomic E-state index is -0.0660. The summed E-state index contributed by atoms with van der Waals surface area (Å²) >= 11 is 0. The number of ether oxygens (including phenoxy) is 3. The number of morpholine rings is 1. The maximum atomic E-state index is 12.8. The zero-order chi connectivity index (χ0) is 21.9. The largest absolute Gasteiger partial charge is 0.497 e. The molecule has 0 unspecified atom stereocenters. The van der Waals surface area contributed by atoms with Crippen LogP contribution in [0.5, 0.6) is 11.5 Å². The molecule has 1 fully saturated rings. The summed E-state index contributed by atoms with van der Waals surface area (Å²) < 4.78 is 16.6. The van der Waals surface area contributed by atoms with Crippen molar-refractivity contribution in [2.24, 2.45) is 0 Å². The van der Waals surface area contributed by atoms with Gasteiger partial charge in [-0.1, -0.05) is 19.8 Å². The van der Waals surface area contributed by atoms with Gasteiger partial charge < -0.3 is 24.4 Å². The number of benzene rings is 2. The molecule has 0 radical (unpaired) electrons. The Morgan fingerprint density at radius 1 is 1.03 bits per heavy atom. The van der Waals surface area contributed by atoms with E-state index in [9.17, 15) is 4.79 Å². The number of carbonyl (C=O) groups excluding carboxylic acids is 1. The van der Waals surface area contributed by atoms with Crippen LogP contribution in [0.3, 0.4) is 0 Å². The first kappa shape index (κ1) is 23.1. The second-order valence-electron chi connectivity index (χ2n) is 7.89. The zero-order valence-corrected chi connectivity index (χ0v) is 18.7. The molecule has 1 heterocycles. The van der Waals surface area contributed by atoms with Gasteiger partial charge in [0.1, 0.15) is 30.6 Å². The summed E-state index contributed by atoms with van der Waals surface area (Å²) in [4.78, 5) is 14.2. The average molecular weight is 428 g/mol. The highest BCUT2D eigenvalue weighted by molar-refractivity contribution is 5.94. The third kappa shape index (κ3) is 6.97. The lowest BCUT2D eigenvalue weighted by molar-refractivity contribution is -0.937. The van der Waals surface area contributed by atoms with E-state index in [4.69, 9.17) is 14.2 Å². The number of hydrogen-bond donors (Lipinski definition) is 2. The van der Waals surface area contributed by atoms with Crippen LogP contribution in [0.15, 0.2) is 48.5 Å². The Morgan fingerprint density at radius 2 is 1.71 bits per heavy atom. The third-order valence-corrected chi connectivity index (χ3v) is 5.75. The fourth-order valence-corrected chi connectivity index (χ4v) is 3.86. The van der Waals surface area contributed by atoms with Gasteiger partial charge in [0.2, 0.25) is 0 Å². The molecule has 0 aromatic heterocycles. The van der Waals surface area contributed by atoms with E-state index in [1.165, 1.54) is 23.3 Å². The van der Waals surface area contributed by atoms with Crippen LogP contribution >= 0.6 is 0 Å². The van der Waals surface area contributed by atoms with Gasteiger partial charge >= 0.3 is 0 Å². The molecule has 1 amide bonds. The van der Waals surface area contributed by atoms with E-state index in [0.29, 0.717) is 18.7 Å². The molecule has 6 nitrogen and oxygen atoms in total. The zero-order valence-electron chi connectivity index (χ0n) is 18.7. The van der Waals surface area contributed by atoms with Gasteiger partial charge in [-0.3, -0.25) is 4.79 Å². The fraction of sp³-hybridized carbons (Fsp3) is 0.480. The molecule has 0 bridgehead atoms. The number of quaternary nitrogens is 1. The highest BCUT2D eigenvalue weighted by Crippen LogP contribution is 2.17. The monoisotopic (exact) mass is 427 g/mol. The van der Waals surface area contributed by atoms with Crippen molar-refractivity contribution in [2.45, 2.75) is 32.2 Å². The average Bonchev–Trinajstić information content (AvgIpc) is 2.83. The highest BCUT2D eigenvalue weighted by atomic mass is 16.5. The highest BCUT2D eigenvalue weighted by Gasteiger charge is 2.27. The first-order valence-electron chi connectivity index (χ1n) is 11.3. The van der Waals surface area contributed by atoms with Crippen LogP contribution in [0, 0.1) is 0 Å². The van der Waals surface area contributed by atoms with Crippen LogP contribution in [0.4, 0.5) is 0 Å². The minimum absolute atomic E-state index is 0.0660. The standard InChI is InChI=1S/C25H34N2O4/c1-3-4-5-16-31-23-12-8-21(9-13-23)25(28)26-19-24(27-14-17-30-18-15-27)20-6-10-22(29-2)11-7-20/h6-13,24H,3-5,14-19H2,1-2H3,(H,26,28)/p+1/t24-/m0/s1. The van der Waals surface area contributed by atoms with E-state index < -0.39 is 0 Å². The molecule has 6 heteroatoms. The first-order chi connectivity index (χ1) is 15.2. The van der Waals surface area contributed by atoms with Crippen molar-refractivity contribution in [1.29, 1.82) is 0 Å². The molecule has 2 aromatic carbocycles. The Labute approximate surface area is 185 Å². The summed E-state index contributed by atoms with van der Waals surface area (Å²) in [5.41, 5.74) is 1.83. The maximum Gasteiger partial charge on any atom is 0.251 e. The van der Waals surface area contributed by atoms with E-state index in [-0.39, 0.29) is 11.9 Å². The first-order valence-corrected chi connectivity index (χ1v) is 11.3. The molecule has 31 heavy (non-hydrogen) atoms. The lowest BCUT2D eigenvalue weighted by Gasteiger charge is -2.32. The van der Waals surface area contributed by atoms with Gasteiger partial charge in [0.15, 0.2) is 0 Å². The molecule has 0 spiro atoms. The van der Waals surface area contributed by atoms with Crippen LogP contribution in [0.25, 0.3) is 0 Å². The maximum absolute atomic E-state index is 12.8. The van der Waals surface area contributed by atoms with Crippen LogP contribution in [-0.4, -0.2) is 52.5 Å². The van der Waals surface area contributed by atoms with Crippen LogP contribution in [-0.2, 0) is 4.74 Å². The molecular formula is C25H35N2O4+. The van der Waals surface area contributed by atoms with Gasteiger partial charge in [-0.25, -0.2) is 0 Å². The molecule has 1 aliphatic rings. The van der Waals surface area contributed by atoms with E-state index >= 15 is 0 Å². The van der Waals surface area contributed by atoms with Crippen molar-refractivity contribution in [1.82, 2.24) is 5.32 Å². The summed E-state index contributed by atoms with van der Waals surface area (Å²) in [6.07, 6.45) is 3.39. The van der Waals surface area contributed by atoms with Crippen LogP contribution in [0.1, 0.15) is 48.1 Å². The number of amides is 1. The number of unbranched alkanes of at least 4 members (excludes halogenated alkanes) is 2. The van der Waals surface area contributed by atoms with Gasteiger partial charge in [0.05, 0.1) is 33.5 Å². The summed E-state index contributed by atoms with van der Waals surface area (Å²) in [5, 5.41) is 3.13. The molecular weight excluding hydrogens is 392 g/mol. The number of rotatable bonds is 11. The normalized spacial score (nSPS) is 15.3. The summed E-state index contributed by atoms with van der Waals surface area (Å²) in [6.45, 7) is 6.80. The van der Waals surface area contributed by atoms with Gasteiger partial charge in [-0.05, 0) is 55.0 Å². The Balaban J connectivity index is 1.60. The molecule has 3 rings (SSSR count). The Bertz CT molecular complexity index is 786. The number of carbonyl (C=O) groups is 1. The molecule has 2 aromatic rings. The van der Waals surface area contributed by atoms with E-state index in [1.54, 1.807) is 7.11 Å². The summed E-state index contributed by atoms with van der Waals surface area (Å²) in [7, 11) is 1.67. The Kier molecular flexibility index (Phi) is 9.18. The van der Waals surface area contributed by atoms with E-state index in [0.717, 1.165) is 44.2 Å². The van der Waals surface area contributed by atoms with Crippen molar-refractivity contribution in [3.63, 3.8) is 0 Å². The predicted molar refractivity (Wildman–Crippen MR) is 121 cm³/mol. The number of methoxy groups -OCH3 is 1. The Hall–Kier alpha value is -2.57. The SMILES string of the molecule is CCCCCOc1ccc(C(=O)NC[C@@H](c2ccc(OC)cc2)[NH+]2CCOCC2)cc1. The fourth-order valence-electron chi connectivity index (χ4n) is 3.86. The van der Waals surface area contributed by atoms with Crippen molar-refractivity contribution in [2.75, 3.05) is 46.6 Å². The lowest BCUT2D eigenvalue weighted by Crippen LogP contribution is -3.15. The van der Waals surface area contributed by atoms with Gasteiger partial charge in [-0.2, -0.15) is 0 Å². The number of hydrogen-bond acceptors (Lipinski definition) is 4. The molecule has 1 aliphatic heterocycles. The molecule has 2 N–H and O–H groups in total. The van der Waals surface area contributed by atoms with Crippen LogP contribution < -0.4 is 19.7 Å². The van der Waals surface area contributed by atoms with Gasteiger partial charge in [-0.15, -0.1) is 0 Å². The van der Waals surface area contributed by atoms with Crippen molar-refractivity contribution in [3.05, 3.63) is 59.7 Å². The molecule has 168 valence electrons. The summed E-state index contributed by atoms with van der Waals surface area (Å²) in [6, 6.07) is 15.7. The molecule has 1 atom stereocenters. The number of nitrogens with one attached hydrogen (secondary N) is 2. The van der Waals surface area contributed by atoms with Gasteiger partial charge in [0.25, 0.3) is 5.91 Å². The van der Waals surface area contributed by atoms with E-state index in [2.05, 4.69) is 24.4 Å². The second kappa shape index (κ2) is 12.3. The van der Waals surface area contributed by atoms with E-state index in [1.807, 2.05) is 36.4 Å². The minimum Gasteiger partial charge on any atom is -0.497 e. The Morgan fingerprint density at radius 3 is 2.35 bits per heavy atom. The molecule has 0 saturated carbocycles. The van der Waals surface area contributed by atoms with Crippen molar-refractivity contribution in [3.8, 4) is 11.5 Å². The third-order valence-electron chi connectivity index (χ3n) is 5.75. The lowest BCUT2D eigenvalue weighted by atomic mass is 10.0. The van der Waals surface area contributed by atoms with Crippen molar-refractivity contribution >= 4 is 5.91 Å². The topological polar surface area (TPSA) is 61.2 Å². The molecule has 1 saturated heterocycles. The smallest absolute Gasteiger partial charge is 0.251 e. The molecule has 0 aliphatic carbocycles.